The summed E-state index contributed by atoms with van der Waals surface area (Å²) in [7, 11) is 1.33. The van der Waals surface area contributed by atoms with Gasteiger partial charge in [0.05, 0.1) is 12.7 Å². The average molecular weight is 378 g/mol. The molecule has 2 aromatic rings. The number of nitrogens with one attached hydrogen (secondary N) is 1. The number of rotatable bonds is 5. The summed E-state index contributed by atoms with van der Waals surface area (Å²) in [5.41, 5.74) is 2.19. The molecule has 2 rings (SSSR count). The van der Waals surface area contributed by atoms with Crippen LogP contribution in [0.15, 0.2) is 53.0 Å². The van der Waals surface area contributed by atoms with E-state index in [2.05, 4.69) is 26.0 Å². The van der Waals surface area contributed by atoms with Crippen molar-refractivity contribution in [3.8, 4) is 0 Å². The lowest BCUT2D eigenvalue weighted by Crippen LogP contribution is -2.23. The molecule has 0 fully saturated rings. The average Bonchev–Trinajstić information content (AvgIpc) is 2.59. The Morgan fingerprint density at radius 2 is 1.87 bits per heavy atom. The van der Waals surface area contributed by atoms with E-state index in [-0.39, 0.29) is 13.2 Å². The van der Waals surface area contributed by atoms with Crippen LogP contribution in [0.2, 0.25) is 0 Å². The number of carbonyl (C=O) groups is 2. The highest BCUT2D eigenvalue weighted by atomic mass is 79.9. The fraction of sp³-hybridized carbons (Fsp3) is 0.176. The number of ether oxygens (including phenoxy) is 2. The van der Waals surface area contributed by atoms with Gasteiger partial charge >= 0.3 is 12.1 Å². The van der Waals surface area contributed by atoms with Crippen LogP contribution in [0.5, 0.6) is 0 Å². The van der Waals surface area contributed by atoms with Crippen LogP contribution in [0.25, 0.3) is 0 Å². The van der Waals surface area contributed by atoms with Gasteiger partial charge in [-0.15, -0.1) is 0 Å². The molecule has 5 nitrogen and oxygen atoms in total. The monoisotopic (exact) mass is 377 g/mol. The van der Waals surface area contributed by atoms with Gasteiger partial charge in [0.25, 0.3) is 0 Å². The number of methoxy groups -OCH3 is 1. The van der Waals surface area contributed by atoms with E-state index < -0.39 is 12.1 Å². The van der Waals surface area contributed by atoms with Gasteiger partial charge in [-0.1, -0.05) is 52.3 Å². The number of halogens is 1. The summed E-state index contributed by atoms with van der Waals surface area (Å²) in [6, 6.07) is 14.5. The molecule has 1 amide bonds. The Morgan fingerprint density at radius 1 is 1.13 bits per heavy atom. The van der Waals surface area contributed by atoms with Crippen molar-refractivity contribution in [2.45, 2.75) is 13.2 Å². The number of hydrogen-bond acceptors (Lipinski definition) is 4. The highest BCUT2D eigenvalue weighted by molar-refractivity contribution is 9.10. The van der Waals surface area contributed by atoms with E-state index in [4.69, 9.17) is 4.74 Å². The summed E-state index contributed by atoms with van der Waals surface area (Å²) in [6.07, 6.45) is -0.502. The molecule has 0 saturated carbocycles. The molecule has 0 atom stereocenters. The van der Waals surface area contributed by atoms with Gasteiger partial charge in [-0.2, -0.15) is 0 Å². The molecule has 0 heterocycles. The Hall–Kier alpha value is -2.34. The minimum atomic E-state index is -0.502. The minimum Gasteiger partial charge on any atom is -0.465 e. The minimum absolute atomic E-state index is 0.217. The molecular weight excluding hydrogens is 362 g/mol. The number of hydrogen-bond donors (Lipinski definition) is 1. The Labute approximate surface area is 142 Å². The molecule has 0 aliphatic rings. The summed E-state index contributed by atoms with van der Waals surface area (Å²) in [5.74, 6) is -0.410. The van der Waals surface area contributed by atoms with E-state index >= 15 is 0 Å². The third kappa shape index (κ3) is 5.10. The standard InChI is InChI=1S/C17H16BrNO4/c1-22-16(20)13-7-8-14(15(18)9-13)10-19-17(21)23-11-12-5-3-2-4-6-12/h2-9H,10-11H2,1H3,(H,19,21). The van der Waals surface area contributed by atoms with Gasteiger partial charge < -0.3 is 14.8 Å². The Morgan fingerprint density at radius 3 is 2.52 bits per heavy atom. The van der Waals surface area contributed by atoms with Crippen molar-refractivity contribution < 1.29 is 19.1 Å². The van der Waals surface area contributed by atoms with Gasteiger partial charge in [0.15, 0.2) is 0 Å². The summed E-state index contributed by atoms with van der Waals surface area (Å²) in [6.45, 7) is 0.505. The maximum absolute atomic E-state index is 11.7. The molecule has 0 saturated heterocycles. The van der Waals surface area contributed by atoms with E-state index in [1.165, 1.54) is 7.11 Å². The predicted octanol–water partition coefficient (Wildman–Crippen LogP) is 3.66. The van der Waals surface area contributed by atoms with Gasteiger partial charge in [-0.05, 0) is 23.3 Å². The third-order valence-electron chi connectivity index (χ3n) is 3.11. The summed E-state index contributed by atoms with van der Waals surface area (Å²) < 4.78 is 10.5. The van der Waals surface area contributed by atoms with E-state index in [9.17, 15) is 9.59 Å². The van der Waals surface area contributed by atoms with Gasteiger partial charge in [0.1, 0.15) is 6.61 Å². The van der Waals surface area contributed by atoms with Gasteiger partial charge in [-0.25, -0.2) is 9.59 Å². The summed E-state index contributed by atoms with van der Waals surface area (Å²) >= 11 is 3.37. The molecule has 0 spiro atoms. The summed E-state index contributed by atoms with van der Waals surface area (Å²) in [5, 5.41) is 2.67. The quantitative estimate of drug-likeness (QED) is 0.807. The van der Waals surface area contributed by atoms with Crippen molar-refractivity contribution in [3.05, 3.63) is 69.7 Å². The number of esters is 1. The Balaban J connectivity index is 1.85. The van der Waals surface area contributed by atoms with Crippen molar-refractivity contribution in [3.63, 3.8) is 0 Å². The highest BCUT2D eigenvalue weighted by Crippen LogP contribution is 2.19. The van der Waals surface area contributed by atoms with Crippen molar-refractivity contribution >= 4 is 28.0 Å². The van der Waals surface area contributed by atoms with Crippen LogP contribution in [-0.4, -0.2) is 19.2 Å². The van der Waals surface area contributed by atoms with Crippen LogP contribution in [0.4, 0.5) is 4.79 Å². The molecule has 0 aliphatic carbocycles. The second-order valence-corrected chi connectivity index (χ2v) is 5.57. The van der Waals surface area contributed by atoms with E-state index in [0.29, 0.717) is 10.0 Å². The molecule has 0 aliphatic heterocycles. The second-order valence-electron chi connectivity index (χ2n) is 4.71. The molecule has 0 unspecified atom stereocenters. The molecule has 1 N–H and O–H groups in total. The topological polar surface area (TPSA) is 64.6 Å². The predicted molar refractivity (Wildman–Crippen MR) is 88.9 cm³/mol. The van der Waals surface area contributed by atoms with Gasteiger partial charge in [-0.3, -0.25) is 0 Å². The molecular formula is C17H16BrNO4. The molecule has 2 aromatic carbocycles. The van der Waals surface area contributed by atoms with E-state index in [0.717, 1.165) is 11.1 Å². The first-order chi connectivity index (χ1) is 11.1. The second kappa shape index (κ2) is 8.33. The maximum Gasteiger partial charge on any atom is 0.407 e. The van der Waals surface area contributed by atoms with Crippen LogP contribution >= 0.6 is 15.9 Å². The Kier molecular flexibility index (Phi) is 6.17. The molecule has 0 aromatic heterocycles. The van der Waals surface area contributed by atoms with E-state index in [1.807, 2.05) is 30.3 Å². The first-order valence-corrected chi connectivity index (χ1v) is 7.70. The fourth-order valence-corrected chi connectivity index (χ4v) is 2.40. The lowest BCUT2D eigenvalue weighted by Gasteiger charge is -2.09. The number of alkyl carbamates (subject to hydrolysis) is 1. The highest BCUT2D eigenvalue weighted by Gasteiger charge is 2.09. The first kappa shape index (κ1) is 17.0. The van der Waals surface area contributed by atoms with Crippen LogP contribution in [0, 0.1) is 0 Å². The largest absolute Gasteiger partial charge is 0.465 e. The fourth-order valence-electron chi connectivity index (χ4n) is 1.88. The normalized spacial score (nSPS) is 10.0. The SMILES string of the molecule is COC(=O)c1ccc(CNC(=O)OCc2ccccc2)c(Br)c1. The zero-order valence-electron chi connectivity index (χ0n) is 12.5. The smallest absolute Gasteiger partial charge is 0.407 e. The number of benzene rings is 2. The lowest BCUT2D eigenvalue weighted by molar-refractivity contribution is 0.0600. The molecule has 23 heavy (non-hydrogen) atoms. The molecule has 0 bridgehead atoms. The van der Waals surface area contributed by atoms with Crippen LogP contribution in [0.3, 0.4) is 0 Å². The van der Waals surface area contributed by atoms with Crippen LogP contribution in [0.1, 0.15) is 21.5 Å². The third-order valence-corrected chi connectivity index (χ3v) is 3.85. The maximum atomic E-state index is 11.7. The van der Waals surface area contributed by atoms with Crippen LogP contribution in [-0.2, 0) is 22.6 Å². The molecule has 6 heteroatoms. The number of carbonyl (C=O) groups excluding carboxylic acids is 2. The zero-order chi connectivity index (χ0) is 16.7. The van der Waals surface area contributed by atoms with Crippen molar-refractivity contribution in [2.24, 2.45) is 0 Å². The first-order valence-electron chi connectivity index (χ1n) is 6.91. The van der Waals surface area contributed by atoms with Gasteiger partial charge in [0, 0.05) is 11.0 Å². The Bertz CT molecular complexity index is 688. The zero-order valence-corrected chi connectivity index (χ0v) is 14.1. The van der Waals surface area contributed by atoms with E-state index in [1.54, 1.807) is 18.2 Å². The lowest BCUT2D eigenvalue weighted by atomic mass is 10.1. The van der Waals surface area contributed by atoms with Gasteiger partial charge in [0.2, 0.25) is 0 Å². The number of amides is 1. The molecule has 0 radical (unpaired) electrons. The van der Waals surface area contributed by atoms with Crippen molar-refractivity contribution in [2.75, 3.05) is 7.11 Å². The van der Waals surface area contributed by atoms with Crippen molar-refractivity contribution in [1.82, 2.24) is 5.32 Å². The van der Waals surface area contributed by atoms with Crippen molar-refractivity contribution in [1.29, 1.82) is 0 Å². The summed E-state index contributed by atoms with van der Waals surface area (Å²) in [4.78, 5) is 23.1. The molecule has 120 valence electrons. The van der Waals surface area contributed by atoms with Crippen LogP contribution < -0.4 is 5.32 Å².